The number of rotatable bonds is 4. The highest BCUT2D eigenvalue weighted by Gasteiger charge is 2.23. The average molecular weight is 305 g/mol. The molecule has 0 spiro atoms. The largest absolute Gasteiger partial charge is 0.478 e. The molecule has 3 aromatic rings. The van der Waals surface area contributed by atoms with Gasteiger partial charge in [-0.15, -0.1) is 0 Å². The van der Waals surface area contributed by atoms with Crippen molar-refractivity contribution in [1.82, 2.24) is 4.57 Å². The Bertz CT molecular complexity index is 833. The van der Waals surface area contributed by atoms with Crippen LogP contribution >= 0.6 is 0 Å². The minimum Gasteiger partial charge on any atom is -0.478 e. The molecule has 2 aromatic carbocycles. The zero-order valence-electron chi connectivity index (χ0n) is 13.3. The fraction of sp³-hybridized carbons (Fsp3) is 0.150. The van der Waals surface area contributed by atoms with E-state index in [-0.39, 0.29) is 0 Å². The molecule has 0 aliphatic carbocycles. The Morgan fingerprint density at radius 1 is 0.913 bits per heavy atom. The maximum Gasteiger partial charge on any atom is 0.338 e. The lowest BCUT2D eigenvalue weighted by molar-refractivity contribution is 0.0697. The molecule has 23 heavy (non-hydrogen) atoms. The van der Waals surface area contributed by atoms with Crippen molar-refractivity contribution in [3.8, 4) is 11.1 Å². The van der Waals surface area contributed by atoms with E-state index in [1.54, 1.807) is 0 Å². The van der Waals surface area contributed by atoms with E-state index in [0.717, 1.165) is 28.1 Å². The van der Waals surface area contributed by atoms with Crippen LogP contribution in [0.2, 0.25) is 0 Å². The van der Waals surface area contributed by atoms with Crippen molar-refractivity contribution in [2.75, 3.05) is 0 Å². The summed E-state index contributed by atoms with van der Waals surface area (Å²) in [6.07, 6.45) is 0. The number of nitrogens with zero attached hydrogens (tertiary/aromatic N) is 1. The van der Waals surface area contributed by atoms with Crippen molar-refractivity contribution < 1.29 is 9.90 Å². The van der Waals surface area contributed by atoms with Crippen LogP contribution in [0.3, 0.4) is 0 Å². The summed E-state index contributed by atoms with van der Waals surface area (Å²) >= 11 is 0. The van der Waals surface area contributed by atoms with E-state index < -0.39 is 5.97 Å². The van der Waals surface area contributed by atoms with E-state index in [4.69, 9.17) is 0 Å². The van der Waals surface area contributed by atoms with Crippen LogP contribution in [-0.4, -0.2) is 15.6 Å². The van der Waals surface area contributed by atoms with Crippen LogP contribution in [0.4, 0.5) is 0 Å². The third-order valence-electron chi connectivity index (χ3n) is 4.24. The summed E-state index contributed by atoms with van der Waals surface area (Å²) in [6.45, 7) is 4.54. The lowest BCUT2D eigenvalue weighted by Crippen LogP contribution is -2.05. The number of hydrogen-bond donors (Lipinski definition) is 1. The molecule has 0 fully saturated rings. The third kappa shape index (κ3) is 2.78. The van der Waals surface area contributed by atoms with Crippen molar-refractivity contribution >= 4 is 5.97 Å². The van der Waals surface area contributed by atoms with E-state index in [2.05, 4.69) is 16.7 Å². The predicted molar refractivity (Wildman–Crippen MR) is 91.8 cm³/mol. The molecule has 0 amide bonds. The fourth-order valence-electron chi connectivity index (χ4n) is 3.11. The zero-order valence-corrected chi connectivity index (χ0v) is 13.3. The van der Waals surface area contributed by atoms with Gasteiger partial charge in [-0.2, -0.15) is 0 Å². The first-order valence-electron chi connectivity index (χ1n) is 7.62. The minimum atomic E-state index is -0.878. The summed E-state index contributed by atoms with van der Waals surface area (Å²) in [6, 6.07) is 19.8. The molecule has 0 unspecified atom stereocenters. The van der Waals surface area contributed by atoms with Crippen LogP contribution in [0, 0.1) is 13.8 Å². The topological polar surface area (TPSA) is 42.2 Å². The average Bonchev–Trinajstić information content (AvgIpc) is 2.81. The highest BCUT2D eigenvalue weighted by molar-refractivity contribution is 5.98. The summed E-state index contributed by atoms with van der Waals surface area (Å²) in [5, 5.41) is 9.70. The highest BCUT2D eigenvalue weighted by Crippen LogP contribution is 2.32. The van der Waals surface area contributed by atoms with Gasteiger partial charge in [0.2, 0.25) is 0 Å². The Morgan fingerprint density at radius 3 is 2.04 bits per heavy atom. The van der Waals surface area contributed by atoms with Gasteiger partial charge in [-0.05, 0) is 25.0 Å². The minimum absolute atomic E-state index is 0.393. The number of benzene rings is 2. The molecule has 1 heterocycles. The second kappa shape index (κ2) is 6.13. The van der Waals surface area contributed by atoms with Crippen molar-refractivity contribution in [1.29, 1.82) is 0 Å². The molecular weight excluding hydrogens is 286 g/mol. The SMILES string of the molecule is Cc1c(C(=O)O)c(-c2ccccc2)c(C)n1Cc1ccccc1. The molecule has 0 saturated heterocycles. The van der Waals surface area contributed by atoms with E-state index >= 15 is 0 Å². The Hall–Kier alpha value is -2.81. The van der Waals surface area contributed by atoms with Gasteiger partial charge in [0.05, 0.1) is 5.56 Å². The number of hydrogen-bond acceptors (Lipinski definition) is 1. The molecule has 116 valence electrons. The van der Waals surface area contributed by atoms with E-state index in [9.17, 15) is 9.90 Å². The van der Waals surface area contributed by atoms with Crippen molar-refractivity contribution in [2.24, 2.45) is 0 Å². The van der Waals surface area contributed by atoms with Gasteiger partial charge >= 0.3 is 5.97 Å². The molecule has 0 atom stereocenters. The van der Waals surface area contributed by atoms with Gasteiger partial charge in [0.15, 0.2) is 0 Å². The molecule has 3 rings (SSSR count). The smallest absolute Gasteiger partial charge is 0.338 e. The number of aromatic carboxylic acids is 1. The van der Waals surface area contributed by atoms with E-state index in [1.807, 2.05) is 62.4 Å². The van der Waals surface area contributed by atoms with Crippen LogP contribution < -0.4 is 0 Å². The standard InChI is InChI=1S/C20H19NO2/c1-14-18(17-11-7-4-8-12-17)19(20(22)23)15(2)21(14)13-16-9-5-3-6-10-16/h3-12H,13H2,1-2H3,(H,22,23). The first-order chi connectivity index (χ1) is 11.1. The molecule has 3 nitrogen and oxygen atoms in total. The van der Waals surface area contributed by atoms with Gasteiger partial charge < -0.3 is 9.67 Å². The molecule has 0 aliphatic rings. The monoisotopic (exact) mass is 305 g/mol. The maximum absolute atomic E-state index is 11.8. The highest BCUT2D eigenvalue weighted by atomic mass is 16.4. The van der Waals surface area contributed by atoms with Gasteiger partial charge in [-0.25, -0.2) is 4.79 Å². The van der Waals surface area contributed by atoms with Crippen LogP contribution in [-0.2, 0) is 6.54 Å². The third-order valence-corrected chi connectivity index (χ3v) is 4.24. The van der Waals surface area contributed by atoms with Crippen molar-refractivity contribution in [3.05, 3.63) is 83.2 Å². The van der Waals surface area contributed by atoms with Crippen LogP contribution in [0.1, 0.15) is 27.3 Å². The predicted octanol–water partition coefficient (Wildman–Crippen LogP) is 4.52. The quantitative estimate of drug-likeness (QED) is 0.770. The molecule has 1 aromatic heterocycles. The molecule has 0 bridgehead atoms. The molecule has 0 radical (unpaired) electrons. The van der Waals surface area contributed by atoms with Crippen LogP contribution in [0.25, 0.3) is 11.1 Å². The van der Waals surface area contributed by atoms with E-state index in [1.165, 1.54) is 0 Å². The fourth-order valence-corrected chi connectivity index (χ4v) is 3.11. The maximum atomic E-state index is 11.8. The molecule has 0 aliphatic heterocycles. The van der Waals surface area contributed by atoms with Crippen LogP contribution in [0.15, 0.2) is 60.7 Å². The van der Waals surface area contributed by atoms with Crippen molar-refractivity contribution in [3.63, 3.8) is 0 Å². The summed E-state index contributed by atoms with van der Waals surface area (Å²) in [7, 11) is 0. The van der Waals surface area contributed by atoms with Gasteiger partial charge in [-0.3, -0.25) is 0 Å². The summed E-state index contributed by atoms with van der Waals surface area (Å²) < 4.78 is 2.08. The normalized spacial score (nSPS) is 10.7. The van der Waals surface area contributed by atoms with Crippen molar-refractivity contribution in [2.45, 2.75) is 20.4 Å². The second-order valence-electron chi connectivity index (χ2n) is 5.66. The summed E-state index contributed by atoms with van der Waals surface area (Å²) in [5.74, 6) is -0.878. The first-order valence-corrected chi connectivity index (χ1v) is 7.62. The summed E-state index contributed by atoms with van der Waals surface area (Å²) in [4.78, 5) is 11.8. The number of aromatic nitrogens is 1. The first kappa shape index (κ1) is 15.1. The lowest BCUT2D eigenvalue weighted by Gasteiger charge is -2.10. The van der Waals surface area contributed by atoms with Gasteiger partial charge in [0, 0.05) is 23.5 Å². The molecule has 1 N–H and O–H groups in total. The zero-order chi connectivity index (χ0) is 16.4. The number of carboxylic acid groups (broad SMARTS) is 1. The Labute approximate surface area is 135 Å². The van der Waals surface area contributed by atoms with Gasteiger partial charge in [-0.1, -0.05) is 60.7 Å². The number of carbonyl (C=O) groups is 1. The van der Waals surface area contributed by atoms with Crippen LogP contribution in [0.5, 0.6) is 0 Å². The Balaban J connectivity index is 2.17. The van der Waals surface area contributed by atoms with Gasteiger partial charge in [0.1, 0.15) is 0 Å². The molecule has 3 heteroatoms. The van der Waals surface area contributed by atoms with E-state index in [0.29, 0.717) is 12.1 Å². The lowest BCUT2D eigenvalue weighted by atomic mass is 10.0. The summed E-state index contributed by atoms with van der Waals surface area (Å²) in [5.41, 5.74) is 5.08. The molecular formula is C20H19NO2. The molecule has 0 saturated carbocycles. The van der Waals surface area contributed by atoms with Gasteiger partial charge in [0.25, 0.3) is 0 Å². The number of carboxylic acids is 1. The Kier molecular flexibility index (Phi) is 4.02. The Morgan fingerprint density at radius 2 is 1.48 bits per heavy atom. The second-order valence-corrected chi connectivity index (χ2v) is 5.66.